The Balaban J connectivity index is 2.15. The highest BCUT2D eigenvalue weighted by Crippen LogP contribution is 2.15. The minimum Gasteiger partial charge on any atom is -0.396 e. The second kappa shape index (κ2) is 5.80. The summed E-state index contributed by atoms with van der Waals surface area (Å²) in [5.41, 5.74) is 2.24. The molecule has 17 heavy (non-hydrogen) atoms. The normalized spacial score (nSPS) is 11.2. The van der Waals surface area contributed by atoms with Gasteiger partial charge in [0.1, 0.15) is 5.82 Å². The van der Waals surface area contributed by atoms with Gasteiger partial charge in [-0.25, -0.2) is 4.98 Å². The average molecular weight is 233 g/mol. The highest BCUT2D eigenvalue weighted by atomic mass is 16.3. The number of nitrogens with zero attached hydrogens (tertiary/aromatic N) is 2. The SMILES string of the molecule is CCn1c(CNCCCO)nc2ccccc21. The Hall–Kier alpha value is -1.39. The number of hydrogen-bond acceptors (Lipinski definition) is 3. The van der Waals surface area contributed by atoms with Crippen LogP contribution in [0.4, 0.5) is 0 Å². The second-order valence-corrected chi connectivity index (χ2v) is 4.01. The summed E-state index contributed by atoms with van der Waals surface area (Å²) < 4.78 is 2.22. The summed E-state index contributed by atoms with van der Waals surface area (Å²) in [5.74, 6) is 1.06. The van der Waals surface area contributed by atoms with Gasteiger partial charge < -0.3 is 15.0 Å². The number of hydrogen-bond donors (Lipinski definition) is 2. The predicted octanol–water partition coefficient (Wildman–Crippen LogP) is 1.53. The van der Waals surface area contributed by atoms with Crippen LogP contribution in [0.1, 0.15) is 19.2 Å². The van der Waals surface area contributed by atoms with Gasteiger partial charge in [0.2, 0.25) is 0 Å². The van der Waals surface area contributed by atoms with E-state index in [-0.39, 0.29) is 6.61 Å². The van der Waals surface area contributed by atoms with E-state index < -0.39 is 0 Å². The predicted molar refractivity (Wildman–Crippen MR) is 68.8 cm³/mol. The molecule has 0 aliphatic rings. The van der Waals surface area contributed by atoms with Crippen LogP contribution < -0.4 is 5.32 Å². The molecular formula is C13H19N3O. The first-order chi connectivity index (χ1) is 8.36. The Morgan fingerprint density at radius 3 is 2.94 bits per heavy atom. The molecule has 0 spiro atoms. The van der Waals surface area contributed by atoms with Gasteiger partial charge >= 0.3 is 0 Å². The van der Waals surface area contributed by atoms with Gasteiger partial charge in [0, 0.05) is 13.2 Å². The Morgan fingerprint density at radius 1 is 1.35 bits per heavy atom. The van der Waals surface area contributed by atoms with E-state index in [1.54, 1.807) is 0 Å². The molecule has 0 saturated heterocycles. The van der Waals surface area contributed by atoms with E-state index in [1.807, 2.05) is 18.2 Å². The van der Waals surface area contributed by atoms with Gasteiger partial charge in [0.15, 0.2) is 0 Å². The van der Waals surface area contributed by atoms with Gasteiger partial charge in [0.05, 0.1) is 17.6 Å². The lowest BCUT2D eigenvalue weighted by atomic mass is 10.3. The molecule has 0 fully saturated rings. The lowest BCUT2D eigenvalue weighted by Gasteiger charge is -2.06. The minimum absolute atomic E-state index is 0.233. The van der Waals surface area contributed by atoms with Crippen molar-refractivity contribution in [1.29, 1.82) is 0 Å². The molecule has 2 N–H and O–H groups in total. The third kappa shape index (κ3) is 2.65. The first-order valence-corrected chi connectivity index (χ1v) is 6.12. The molecule has 1 heterocycles. The zero-order chi connectivity index (χ0) is 12.1. The zero-order valence-corrected chi connectivity index (χ0v) is 10.2. The van der Waals surface area contributed by atoms with Crippen LogP contribution in [-0.2, 0) is 13.1 Å². The van der Waals surface area contributed by atoms with Gasteiger partial charge in [-0.1, -0.05) is 12.1 Å². The average Bonchev–Trinajstić information content (AvgIpc) is 2.72. The summed E-state index contributed by atoms with van der Waals surface area (Å²) in [6, 6.07) is 8.19. The summed E-state index contributed by atoms with van der Waals surface area (Å²) in [7, 11) is 0. The molecule has 92 valence electrons. The molecule has 2 aromatic rings. The van der Waals surface area contributed by atoms with Crippen LogP contribution in [0.5, 0.6) is 0 Å². The fourth-order valence-electron chi connectivity index (χ4n) is 2.02. The fraction of sp³-hybridized carbons (Fsp3) is 0.462. The molecular weight excluding hydrogens is 214 g/mol. The fourth-order valence-corrected chi connectivity index (χ4v) is 2.02. The number of imidazole rings is 1. The third-order valence-corrected chi connectivity index (χ3v) is 2.84. The number of nitrogens with one attached hydrogen (secondary N) is 1. The molecule has 0 saturated carbocycles. The van der Waals surface area contributed by atoms with E-state index in [0.29, 0.717) is 0 Å². The number of para-hydroxylation sites is 2. The van der Waals surface area contributed by atoms with E-state index in [1.165, 1.54) is 5.52 Å². The topological polar surface area (TPSA) is 50.1 Å². The number of aryl methyl sites for hydroxylation is 1. The van der Waals surface area contributed by atoms with Gasteiger partial charge in [-0.3, -0.25) is 0 Å². The molecule has 1 aromatic heterocycles. The maximum Gasteiger partial charge on any atom is 0.123 e. The second-order valence-electron chi connectivity index (χ2n) is 4.01. The largest absolute Gasteiger partial charge is 0.396 e. The van der Waals surface area contributed by atoms with Gasteiger partial charge in [-0.05, 0) is 32.0 Å². The Bertz CT molecular complexity index is 478. The first kappa shape index (κ1) is 12.1. The van der Waals surface area contributed by atoms with E-state index in [0.717, 1.165) is 37.4 Å². The van der Waals surface area contributed by atoms with Crippen molar-refractivity contribution in [3.8, 4) is 0 Å². The quantitative estimate of drug-likeness (QED) is 0.744. The van der Waals surface area contributed by atoms with Crippen molar-refractivity contribution >= 4 is 11.0 Å². The van der Waals surface area contributed by atoms with Crippen molar-refractivity contribution < 1.29 is 5.11 Å². The van der Waals surface area contributed by atoms with Crippen molar-refractivity contribution in [2.45, 2.75) is 26.4 Å². The maximum absolute atomic E-state index is 8.72. The number of aromatic nitrogens is 2. The van der Waals surface area contributed by atoms with Crippen LogP contribution >= 0.6 is 0 Å². The molecule has 1 aromatic carbocycles. The van der Waals surface area contributed by atoms with Crippen molar-refractivity contribution in [3.05, 3.63) is 30.1 Å². The number of aliphatic hydroxyl groups is 1. The Kier molecular flexibility index (Phi) is 4.12. The van der Waals surface area contributed by atoms with Gasteiger partial charge in [0.25, 0.3) is 0 Å². The summed E-state index contributed by atoms with van der Waals surface area (Å²) in [6.07, 6.45) is 0.784. The third-order valence-electron chi connectivity index (χ3n) is 2.84. The van der Waals surface area contributed by atoms with E-state index in [2.05, 4.69) is 27.9 Å². The molecule has 0 aliphatic heterocycles. The molecule has 0 amide bonds. The lowest BCUT2D eigenvalue weighted by molar-refractivity contribution is 0.285. The number of rotatable bonds is 6. The van der Waals surface area contributed by atoms with Crippen LogP contribution in [0.2, 0.25) is 0 Å². The monoisotopic (exact) mass is 233 g/mol. The molecule has 0 aliphatic carbocycles. The smallest absolute Gasteiger partial charge is 0.123 e. The van der Waals surface area contributed by atoms with Crippen molar-refractivity contribution in [3.63, 3.8) is 0 Å². The van der Waals surface area contributed by atoms with Crippen LogP contribution in [0.25, 0.3) is 11.0 Å². The van der Waals surface area contributed by atoms with Crippen molar-refractivity contribution in [2.75, 3.05) is 13.2 Å². The Morgan fingerprint density at radius 2 is 2.18 bits per heavy atom. The number of benzene rings is 1. The number of fused-ring (bicyclic) bond motifs is 1. The van der Waals surface area contributed by atoms with Crippen molar-refractivity contribution in [1.82, 2.24) is 14.9 Å². The van der Waals surface area contributed by atoms with E-state index >= 15 is 0 Å². The van der Waals surface area contributed by atoms with Crippen LogP contribution in [-0.4, -0.2) is 27.8 Å². The summed E-state index contributed by atoms with van der Waals surface area (Å²) in [5, 5.41) is 12.0. The van der Waals surface area contributed by atoms with Crippen LogP contribution in [0, 0.1) is 0 Å². The highest BCUT2D eigenvalue weighted by molar-refractivity contribution is 5.75. The standard InChI is InChI=1S/C13H19N3O/c1-2-16-12-7-4-3-6-11(12)15-13(16)10-14-8-5-9-17/h3-4,6-7,14,17H,2,5,8-10H2,1H3. The summed E-state index contributed by atoms with van der Waals surface area (Å²) in [4.78, 5) is 4.62. The lowest BCUT2D eigenvalue weighted by Crippen LogP contribution is -2.18. The first-order valence-electron chi connectivity index (χ1n) is 6.12. The van der Waals surface area contributed by atoms with Gasteiger partial charge in [-0.15, -0.1) is 0 Å². The maximum atomic E-state index is 8.72. The highest BCUT2D eigenvalue weighted by Gasteiger charge is 2.07. The molecule has 4 nitrogen and oxygen atoms in total. The molecule has 0 unspecified atom stereocenters. The van der Waals surface area contributed by atoms with Gasteiger partial charge in [-0.2, -0.15) is 0 Å². The zero-order valence-electron chi connectivity index (χ0n) is 10.2. The molecule has 0 radical (unpaired) electrons. The van der Waals surface area contributed by atoms with Crippen LogP contribution in [0.15, 0.2) is 24.3 Å². The van der Waals surface area contributed by atoms with E-state index in [4.69, 9.17) is 5.11 Å². The summed E-state index contributed by atoms with van der Waals surface area (Å²) in [6.45, 7) is 4.87. The molecule has 0 atom stereocenters. The van der Waals surface area contributed by atoms with E-state index in [9.17, 15) is 0 Å². The number of aliphatic hydroxyl groups excluding tert-OH is 1. The molecule has 0 bridgehead atoms. The summed E-state index contributed by atoms with van der Waals surface area (Å²) >= 11 is 0. The Labute approximate surface area is 101 Å². The minimum atomic E-state index is 0.233. The van der Waals surface area contributed by atoms with Crippen LogP contribution in [0.3, 0.4) is 0 Å². The molecule has 4 heteroatoms. The van der Waals surface area contributed by atoms with Crippen molar-refractivity contribution in [2.24, 2.45) is 0 Å². The molecule has 2 rings (SSSR count).